The molecule has 2 heterocycles. The van der Waals surface area contributed by atoms with Crippen LogP contribution in [-0.4, -0.2) is 20.2 Å². The van der Waals surface area contributed by atoms with Gasteiger partial charge in [-0.25, -0.2) is 4.98 Å². The smallest absolute Gasteiger partial charge is 0.229 e. The van der Waals surface area contributed by atoms with Crippen LogP contribution in [0.3, 0.4) is 0 Å². The minimum absolute atomic E-state index is 0.0116. The molecule has 1 atom stereocenters. The van der Waals surface area contributed by atoms with E-state index in [2.05, 4.69) is 19.7 Å². The van der Waals surface area contributed by atoms with E-state index in [0.29, 0.717) is 11.0 Å². The number of carbonyl (C=O) groups is 1. The molecule has 2 aromatic heterocycles. The van der Waals surface area contributed by atoms with Gasteiger partial charge in [0.15, 0.2) is 0 Å². The van der Waals surface area contributed by atoms with Crippen molar-refractivity contribution in [2.24, 2.45) is 5.92 Å². The Morgan fingerprint density at radius 2 is 2.15 bits per heavy atom. The Kier molecular flexibility index (Phi) is 2.77. The highest BCUT2D eigenvalue weighted by Gasteiger charge is 2.30. The van der Waals surface area contributed by atoms with Gasteiger partial charge in [0.05, 0.1) is 0 Å². The highest BCUT2D eigenvalue weighted by atomic mass is 32.1. The van der Waals surface area contributed by atoms with E-state index in [1.807, 2.05) is 12.3 Å². The molecule has 6 heteroatoms. The number of hydrogen-bond donors (Lipinski definition) is 1. The average molecular weight is 286 g/mol. The second kappa shape index (κ2) is 4.63. The zero-order chi connectivity index (χ0) is 13.5. The van der Waals surface area contributed by atoms with Crippen molar-refractivity contribution in [2.75, 3.05) is 5.32 Å². The summed E-state index contributed by atoms with van der Waals surface area (Å²) in [6.07, 6.45) is 7.55. The van der Waals surface area contributed by atoms with Crippen LogP contribution in [0.4, 0.5) is 5.13 Å². The van der Waals surface area contributed by atoms with Crippen molar-refractivity contribution in [3.8, 4) is 0 Å². The van der Waals surface area contributed by atoms with E-state index >= 15 is 0 Å². The van der Waals surface area contributed by atoms with Gasteiger partial charge in [-0.2, -0.15) is 4.37 Å². The average Bonchev–Trinajstić information content (AvgIpc) is 3.04. The Hall–Kier alpha value is -1.82. The van der Waals surface area contributed by atoms with Crippen LogP contribution >= 0.6 is 11.5 Å². The standard InChI is InChI=1S/C14H14N4OS/c19-13(10-5-9-3-4-15-7-11(9)6-10)17-14-16-12(18-20-14)8-1-2-8/h3-4,7-8,10H,1-2,5-6H2,(H,16,17,18,19). The molecule has 5 nitrogen and oxygen atoms in total. The lowest BCUT2D eigenvalue weighted by Crippen LogP contribution is -2.23. The molecule has 1 N–H and O–H groups in total. The van der Waals surface area contributed by atoms with E-state index < -0.39 is 0 Å². The molecule has 0 bridgehead atoms. The molecule has 1 amide bonds. The maximum absolute atomic E-state index is 12.3. The Morgan fingerprint density at radius 1 is 1.30 bits per heavy atom. The van der Waals surface area contributed by atoms with Crippen LogP contribution in [0.25, 0.3) is 0 Å². The summed E-state index contributed by atoms with van der Waals surface area (Å²) in [7, 11) is 0. The van der Waals surface area contributed by atoms with Crippen LogP contribution in [-0.2, 0) is 17.6 Å². The zero-order valence-corrected chi connectivity index (χ0v) is 11.7. The largest absolute Gasteiger partial charge is 0.300 e. The first-order valence-corrected chi connectivity index (χ1v) is 7.63. The number of amides is 1. The molecular weight excluding hydrogens is 272 g/mol. The molecule has 0 aromatic carbocycles. The molecule has 0 radical (unpaired) electrons. The molecule has 102 valence electrons. The van der Waals surface area contributed by atoms with Crippen molar-refractivity contribution in [1.82, 2.24) is 14.3 Å². The van der Waals surface area contributed by atoms with E-state index in [4.69, 9.17) is 0 Å². The molecular formula is C14H14N4OS. The van der Waals surface area contributed by atoms with E-state index in [9.17, 15) is 4.79 Å². The van der Waals surface area contributed by atoms with Crippen LogP contribution < -0.4 is 5.32 Å². The molecule has 1 saturated carbocycles. The molecule has 0 spiro atoms. The number of carbonyl (C=O) groups excluding carboxylic acids is 1. The summed E-state index contributed by atoms with van der Waals surface area (Å²) >= 11 is 1.28. The fourth-order valence-electron chi connectivity index (χ4n) is 2.63. The highest BCUT2D eigenvalue weighted by molar-refractivity contribution is 7.09. The van der Waals surface area contributed by atoms with Gasteiger partial charge >= 0.3 is 0 Å². The van der Waals surface area contributed by atoms with Crippen molar-refractivity contribution in [3.63, 3.8) is 0 Å². The number of nitrogens with one attached hydrogen (secondary N) is 1. The summed E-state index contributed by atoms with van der Waals surface area (Å²) in [5.41, 5.74) is 2.42. The van der Waals surface area contributed by atoms with Gasteiger partial charge in [-0.15, -0.1) is 0 Å². The van der Waals surface area contributed by atoms with E-state index in [-0.39, 0.29) is 11.8 Å². The molecule has 20 heavy (non-hydrogen) atoms. The Morgan fingerprint density at radius 3 is 2.95 bits per heavy atom. The molecule has 1 unspecified atom stereocenters. The maximum Gasteiger partial charge on any atom is 0.229 e. The second-order valence-electron chi connectivity index (χ2n) is 5.47. The van der Waals surface area contributed by atoms with E-state index in [1.165, 1.54) is 35.5 Å². The quantitative estimate of drug-likeness (QED) is 0.939. The summed E-state index contributed by atoms with van der Waals surface area (Å²) < 4.78 is 4.30. The van der Waals surface area contributed by atoms with Crippen LogP contribution in [0.2, 0.25) is 0 Å². The number of pyridine rings is 1. The highest BCUT2D eigenvalue weighted by Crippen LogP contribution is 2.39. The first-order chi connectivity index (χ1) is 9.79. The van der Waals surface area contributed by atoms with Gasteiger partial charge in [-0.3, -0.25) is 9.78 Å². The topological polar surface area (TPSA) is 67.8 Å². The number of aromatic nitrogens is 3. The fraction of sp³-hybridized carbons (Fsp3) is 0.429. The molecule has 1 fully saturated rings. The molecule has 2 aliphatic carbocycles. The minimum Gasteiger partial charge on any atom is -0.300 e. The second-order valence-corrected chi connectivity index (χ2v) is 6.22. The normalized spacial score (nSPS) is 20.7. The third-order valence-electron chi connectivity index (χ3n) is 3.92. The van der Waals surface area contributed by atoms with Crippen molar-refractivity contribution >= 4 is 22.6 Å². The summed E-state index contributed by atoms with van der Waals surface area (Å²) in [6.45, 7) is 0. The first-order valence-electron chi connectivity index (χ1n) is 6.86. The maximum atomic E-state index is 12.3. The van der Waals surface area contributed by atoms with Crippen molar-refractivity contribution < 1.29 is 4.79 Å². The molecule has 0 aliphatic heterocycles. The van der Waals surface area contributed by atoms with Gasteiger partial charge in [0.1, 0.15) is 5.82 Å². The number of rotatable bonds is 3. The SMILES string of the molecule is O=C(Nc1nc(C2CC2)ns1)C1Cc2ccncc2C1. The van der Waals surface area contributed by atoms with Crippen molar-refractivity contribution in [1.29, 1.82) is 0 Å². The van der Waals surface area contributed by atoms with Gasteiger partial charge in [0, 0.05) is 35.8 Å². The fourth-order valence-corrected chi connectivity index (χ4v) is 3.28. The molecule has 0 saturated heterocycles. The van der Waals surface area contributed by atoms with Crippen molar-refractivity contribution in [3.05, 3.63) is 35.4 Å². The molecule has 4 rings (SSSR count). The lowest BCUT2D eigenvalue weighted by molar-refractivity contribution is -0.119. The van der Waals surface area contributed by atoms with Gasteiger partial charge < -0.3 is 5.32 Å². The van der Waals surface area contributed by atoms with Crippen LogP contribution in [0.1, 0.15) is 35.7 Å². The lowest BCUT2D eigenvalue weighted by atomic mass is 10.1. The Labute approximate surface area is 120 Å². The van der Waals surface area contributed by atoms with Gasteiger partial charge in [-0.1, -0.05) is 0 Å². The molecule has 2 aliphatic rings. The summed E-state index contributed by atoms with van der Waals surface area (Å²) in [4.78, 5) is 20.8. The van der Waals surface area contributed by atoms with Crippen molar-refractivity contribution in [2.45, 2.75) is 31.6 Å². The first kappa shape index (κ1) is 12.0. The summed E-state index contributed by atoms with van der Waals surface area (Å²) in [6, 6.07) is 2.00. The van der Waals surface area contributed by atoms with Gasteiger partial charge in [-0.05, 0) is 42.9 Å². The Bertz CT molecular complexity index is 640. The monoisotopic (exact) mass is 286 g/mol. The minimum atomic E-state index is -0.0116. The number of nitrogens with zero attached hydrogens (tertiary/aromatic N) is 3. The van der Waals surface area contributed by atoms with Gasteiger partial charge in [0.2, 0.25) is 11.0 Å². The van der Waals surface area contributed by atoms with Crippen LogP contribution in [0.15, 0.2) is 18.5 Å². The number of fused-ring (bicyclic) bond motifs is 1. The van der Waals surface area contributed by atoms with Gasteiger partial charge in [0.25, 0.3) is 0 Å². The van der Waals surface area contributed by atoms with Crippen LogP contribution in [0.5, 0.6) is 0 Å². The Balaban J connectivity index is 1.43. The third-order valence-corrected chi connectivity index (χ3v) is 4.57. The third kappa shape index (κ3) is 2.20. The van der Waals surface area contributed by atoms with Crippen LogP contribution in [0, 0.1) is 5.92 Å². The number of anilines is 1. The zero-order valence-electron chi connectivity index (χ0n) is 10.9. The molecule has 2 aromatic rings. The summed E-state index contributed by atoms with van der Waals surface area (Å²) in [5.74, 6) is 1.45. The predicted octanol–water partition coefficient (Wildman–Crippen LogP) is 2.16. The van der Waals surface area contributed by atoms with E-state index in [0.717, 1.165) is 18.7 Å². The lowest BCUT2D eigenvalue weighted by Gasteiger charge is -2.07. The predicted molar refractivity (Wildman–Crippen MR) is 75.6 cm³/mol. The van der Waals surface area contributed by atoms with E-state index in [1.54, 1.807) is 6.20 Å². The number of hydrogen-bond acceptors (Lipinski definition) is 5. The summed E-state index contributed by atoms with van der Waals surface area (Å²) in [5, 5.41) is 3.54.